The second-order valence-electron chi connectivity index (χ2n) is 15.6. The molecule has 0 spiro atoms. The number of hydrogen-bond acceptors (Lipinski definition) is 4. The van der Waals surface area contributed by atoms with Gasteiger partial charge >= 0.3 is 0 Å². The van der Waals surface area contributed by atoms with E-state index in [2.05, 4.69) is 19.2 Å². The fourth-order valence-electron chi connectivity index (χ4n) is 7.19. The molecule has 294 valence electrons. The topological polar surface area (TPSA) is 89.8 Å². The van der Waals surface area contributed by atoms with Crippen molar-refractivity contribution in [1.29, 1.82) is 0 Å². The summed E-state index contributed by atoms with van der Waals surface area (Å²) in [5.74, 6) is -0.468. The number of amides is 1. The molecule has 0 aromatic rings. The zero-order valence-electron chi connectivity index (χ0n) is 33.4. The first-order chi connectivity index (χ1) is 24.1. The molecular weight excluding hydrogens is 606 g/mol. The van der Waals surface area contributed by atoms with E-state index in [-0.39, 0.29) is 6.61 Å². The van der Waals surface area contributed by atoms with E-state index in [1.54, 1.807) is 0 Å². The number of carbonyl (C=O) groups is 1. The third-order valence-electron chi connectivity index (χ3n) is 10.7. The summed E-state index contributed by atoms with van der Waals surface area (Å²) < 4.78 is 0. The van der Waals surface area contributed by atoms with Crippen molar-refractivity contribution < 1.29 is 20.1 Å². The Hall–Kier alpha value is -0.650. The highest BCUT2D eigenvalue weighted by Gasteiger charge is 2.23. The summed E-state index contributed by atoms with van der Waals surface area (Å²) in [6.07, 6.45) is 45.5. The molecule has 0 radical (unpaired) electrons. The first kappa shape index (κ1) is 48.3. The summed E-state index contributed by atoms with van der Waals surface area (Å²) in [5, 5.41) is 33.1. The average Bonchev–Trinajstić information content (AvgIpc) is 3.11. The summed E-state index contributed by atoms with van der Waals surface area (Å²) in [6.45, 7) is 4.22. The van der Waals surface area contributed by atoms with E-state index in [9.17, 15) is 20.1 Å². The minimum absolute atomic E-state index is 0.309. The maximum Gasteiger partial charge on any atom is 0.249 e. The largest absolute Gasteiger partial charge is 0.394 e. The van der Waals surface area contributed by atoms with Crippen LogP contribution in [0.2, 0.25) is 0 Å². The number of aliphatic hydroxyl groups is 3. The van der Waals surface area contributed by atoms with E-state index in [4.69, 9.17) is 0 Å². The van der Waals surface area contributed by atoms with Gasteiger partial charge in [-0.1, -0.05) is 239 Å². The molecule has 0 saturated carbocycles. The van der Waals surface area contributed by atoms with Gasteiger partial charge in [-0.05, 0) is 12.8 Å². The first-order valence-electron chi connectivity index (χ1n) is 22.3. The number of aliphatic hydroxyl groups excluding tert-OH is 3. The molecule has 5 heteroatoms. The molecule has 0 rings (SSSR count). The molecular formula is C44H89NO4. The van der Waals surface area contributed by atoms with Crippen LogP contribution in [0.4, 0.5) is 0 Å². The van der Waals surface area contributed by atoms with E-state index >= 15 is 0 Å². The first-order valence-corrected chi connectivity index (χ1v) is 22.3. The van der Waals surface area contributed by atoms with E-state index in [0.29, 0.717) is 12.8 Å². The molecule has 3 unspecified atom stereocenters. The van der Waals surface area contributed by atoms with Gasteiger partial charge in [0.2, 0.25) is 5.91 Å². The standard InChI is InChI=1S/C44H89NO4/c1-3-5-7-9-11-13-14-15-16-17-18-19-20-21-22-23-24-25-26-27-28-29-31-33-35-37-39-43(48)44(49)45-41(40-46)42(47)38-36-34-32-30-12-10-8-6-4-2/h41-43,46-48H,3-40H2,1-2H3,(H,45,49). The van der Waals surface area contributed by atoms with E-state index in [1.807, 2.05) is 0 Å². The van der Waals surface area contributed by atoms with Crippen LogP contribution in [0.3, 0.4) is 0 Å². The van der Waals surface area contributed by atoms with E-state index < -0.39 is 24.2 Å². The lowest BCUT2D eigenvalue weighted by Gasteiger charge is -2.23. The number of unbranched alkanes of at least 4 members (excludes halogenated alkanes) is 33. The van der Waals surface area contributed by atoms with Crippen LogP contribution in [0.25, 0.3) is 0 Å². The highest BCUT2D eigenvalue weighted by atomic mass is 16.3. The number of carbonyl (C=O) groups excluding carboxylic acids is 1. The maximum atomic E-state index is 12.4. The van der Waals surface area contributed by atoms with Gasteiger partial charge in [0.25, 0.3) is 0 Å². The van der Waals surface area contributed by atoms with Crippen LogP contribution < -0.4 is 5.32 Å². The molecule has 4 N–H and O–H groups in total. The second kappa shape index (κ2) is 40.1. The molecule has 5 nitrogen and oxygen atoms in total. The van der Waals surface area contributed by atoms with Gasteiger partial charge in [-0.15, -0.1) is 0 Å². The van der Waals surface area contributed by atoms with Crippen LogP contribution in [0.1, 0.15) is 251 Å². The van der Waals surface area contributed by atoms with Crippen molar-refractivity contribution in [3.8, 4) is 0 Å². The average molecular weight is 696 g/mol. The van der Waals surface area contributed by atoms with Crippen LogP contribution in [0.15, 0.2) is 0 Å². The van der Waals surface area contributed by atoms with Crippen molar-refractivity contribution in [2.75, 3.05) is 6.61 Å². The second-order valence-corrected chi connectivity index (χ2v) is 15.6. The molecule has 49 heavy (non-hydrogen) atoms. The van der Waals surface area contributed by atoms with Crippen molar-refractivity contribution >= 4 is 5.91 Å². The molecule has 0 aromatic carbocycles. The maximum absolute atomic E-state index is 12.4. The Morgan fingerprint density at radius 3 is 0.918 bits per heavy atom. The molecule has 0 saturated heterocycles. The number of rotatable bonds is 41. The monoisotopic (exact) mass is 696 g/mol. The van der Waals surface area contributed by atoms with Crippen LogP contribution in [-0.4, -0.2) is 46.1 Å². The Labute approximate surface area is 307 Å². The highest BCUT2D eigenvalue weighted by Crippen LogP contribution is 2.17. The fraction of sp³-hybridized carbons (Fsp3) is 0.977. The van der Waals surface area contributed by atoms with Crippen molar-refractivity contribution in [1.82, 2.24) is 5.32 Å². The minimum Gasteiger partial charge on any atom is -0.394 e. The molecule has 0 aliphatic carbocycles. The van der Waals surface area contributed by atoms with E-state index in [0.717, 1.165) is 32.1 Å². The lowest BCUT2D eigenvalue weighted by Crippen LogP contribution is -2.49. The van der Waals surface area contributed by atoms with Crippen LogP contribution in [0.5, 0.6) is 0 Å². The molecule has 0 aliphatic rings. The predicted octanol–water partition coefficient (Wildman–Crippen LogP) is 12.7. The lowest BCUT2D eigenvalue weighted by molar-refractivity contribution is -0.131. The summed E-state index contributed by atoms with van der Waals surface area (Å²) in [7, 11) is 0. The van der Waals surface area contributed by atoms with Gasteiger partial charge in [0.1, 0.15) is 6.10 Å². The zero-order chi connectivity index (χ0) is 35.9. The lowest BCUT2D eigenvalue weighted by atomic mass is 10.0. The molecule has 0 bridgehead atoms. The summed E-state index contributed by atoms with van der Waals surface area (Å²) in [5.41, 5.74) is 0. The summed E-state index contributed by atoms with van der Waals surface area (Å²) in [4.78, 5) is 12.4. The fourth-order valence-corrected chi connectivity index (χ4v) is 7.19. The Morgan fingerprint density at radius 2 is 0.653 bits per heavy atom. The van der Waals surface area contributed by atoms with Crippen molar-refractivity contribution in [2.45, 2.75) is 270 Å². The molecule has 0 aromatic heterocycles. The van der Waals surface area contributed by atoms with E-state index in [1.165, 1.54) is 193 Å². The van der Waals surface area contributed by atoms with Gasteiger partial charge in [-0.2, -0.15) is 0 Å². The number of hydrogen-bond donors (Lipinski definition) is 4. The SMILES string of the molecule is CCCCCCCCCCCCCCCCCCCCCCCCCCCCC(O)C(=O)NC(CO)C(O)CCCCCCCCCCC. The predicted molar refractivity (Wildman–Crippen MR) is 213 cm³/mol. The zero-order valence-corrected chi connectivity index (χ0v) is 33.4. The summed E-state index contributed by atoms with van der Waals surface area (Å²) in [6, 6.07) is -0.704. The molecule has 3 atom stereocenters. The quantitative estimate of drug-likeness (QED) is 0.0479. The Kier molecular flexibility index (Phi) is 39.6. The Morgan fingerprint density at radius 1 is 0.408 bits per heavy atom. The highest BCUT2D eigenvalue weighted by molar-refractivity contribution is 5.80. The normalized spacial score (nSPS) is 13.5. The number of nitrogens with one attached hydrogen (secondary N) is 1. The Balaban J connectivity index is 3.47. The van der Waals surface area contributed by atoms with Crippen molar-refractivity contribution in [3.05, 3.63) is 0 Å². The van der Waals surface area contributed by atoms with Gasteiger partial charge in [-0.25, -0.2) is 0 Å². The van der Waals surface area contributed by atoms with Crippen molar-refractivity contribution in [2.24, 2.45) is 0 Å². The van der Waals surface area contributed by atoms with Gasteiger partial charge in [0.15, 0.2) is 0 Å². The molecule has 0 fully saturated rings. The third-order valence-corrected chi connectivity index (χ3v) is 10.7. The van der Waals surface area contributed by atoms with Gasteiger partial charge in [-0.3, -0.25) is 4.79 Å². The van der Waals surface area contributed by atoms with Crippen LogP contribution in [0, 0.1) is 0 Å². The van der Waals surface area contributed by atoms with Crippen LogP contribution in [-0.2, 0) is 4.79 Å². The molecule has 0 heterocycles. The molecule has 1 amide bonds. The third kappa shape index (κ3) is 35.5. The Bertz CT molecular complexity index is 644. The minimum atomic E-state index is -1.07. The smallest absolute Gasteiger partial charge is 0.249 e. The molecule has 0 aliphatic heterocycles. The van der Waals surface area contributed by atoms with Gasteiger partial charge in [0.05, 0.1) is 18.8 Å². The van der Waals surface area contributed by atoms with Gasteiger partial charge < -0.3 is 20.6 Å². The van der Waals surface area contributed by atoms with Gasteiger partial charge in [0, 0.05) is 0 Å². The summed E-state index contributed by atoms with van der Waals surface area (Å²) >= 11 is 0. The van der Waals surface area contributed by atoms with Crippen LogP contribution >= 0.6 is 0 Å². The van der Waals surface area contributed by atoms with Crippen molar-refractivity contribution in [3.63, 3.8) is 0 Å².